The molecule has 3 heteroatoms. The summed E-state index contributed by atoms with van der Waals surface area (Å²) in [5.74, 6) is 1.40. The number of oxazole rings is 1. The highest BCUT2D eigenvalue weighted by Gasteiger charge is 2.12. The standard InChI is InChI=1S/C22H17NO2/c1-3-9-17(10-4-1)15-24-21-14-8-7-13-19(21)20-16-25-22(23-20)18-11-5-2-6-12-18/h1-14,16H,15H2. The lowest BCUT2D eigenvalue weighted by Crippen LogP contribution is -1.96. The van der Waals surface area contributed by atoms with E-state index in [0.29, 0.717) is 12.5 Å². The van der Waals surface area contributed by atoms with E-state index in [2.05, 4.69) is 4.98 Å². The number of benzene rings is 3. The summed E-state index contributed by atoms with van der Waals surface area (Å²) in [4.78, 5) is 4.62. The molecule has 4 aromatic rings. The average Bonchev–Trinajstić information content (AvgIpc) is 3.18. The predicted octanol–water partition coefficient (Wildman–Crippen LogP) is 5.59. The van der Waals surface area contributed by atoms with Crippen molar-refractivity contribution in [1.82, 2.24) is 4.98 Å². The smallest absolute Gasteiger partial charge is 0.226 e. The Morgan fingerprint density at radius 1 is 0.760 bits per heavy atom. The van der Waals surface area contributed by atoms with E-state index in [-0.39, 0.29) is 0 Å². The zero-order valence-corrected chi connectivity index (χ0v) is 13.6. The van der Waals surface area contributed by atoms with Crippen LogP contribution in [0.25, 0.3) is 22.7 Å². The van der Waals surface area contributed by atoms with Crippen LogP contribution in [0.5, 0.6) is 5.75 Å². The zero-order chi connectivity index (χ0) is 16.9. The van der Waals surface area contributed by atoms with Crippen LogP contribution in [0.4, 0.5) is 0 Å². The summed E-state index contributed by atoms with van der Waals surface area (Å²) in [6.07, 6.45) is 1.67. The molecule has 0 saturated heterocycles. The first-order chi connectivity index (χ1) is 12.4. The molecule has 1 heterocycles. The molecule has 0 atom stereocenters. The van der Waals surface area contributed by atoms with E-state index in [1.165, 1.54) is 0 Å². The Labute approximate surface area is 146 Å². The van der Waals surface area contributed by atoms with Gasteiger partial charge in [-0.15, -0.1) is 0 Å². The Bertz CT molecular complexity index is 946. The number of hydrogen-bond donors (Lipinski definition) is 0. The number of aromatic nitrogens is 1. The fourth-order valence-corrected chi connectivity index (χ4v) is 2.65. The first kappa shape index (κ1) is 15.2. The summed E-state index contributed by atoms with van der Waals surface area (Å²) in [7, 11) is 0. The molecule has 0 radical (unpaired) electrons. The maximum absolute atomic E-state index is 6.01. The van der Waals surface area contributed by atoms with Crippen LogP contribution in [0.2, 0.25) is 0 Å². The zero-order valence-electron chi connectivity index (χ0n) is 13.6. The molecule has 122 valence electrons. The second-order valence-electron chi connectivity index (χ2n) is 5.67. The van der Waals surface area contributed by atoms with Crippen LogP contribution < -0.4 is 4.74 Å². The van der Waals surface area contributed by atoms with Crippen LogP contribution in [-0.4, -0.2) is 4.98 Å². The first-order valence-electron chi connectivity index (χ1n) is 8.17. The fraction of sp³-hybridized carbons (Fsp3) is 0.0455. The molecule has 0 unspecified atom stereocenters. The third kappa shape index (κ3) is 3.45. The van der Waals surface area contributed by atoms with Crippen molar-refractivity contribution in [2.75, 3.05) is 0 Å². The molecule has 4 rings (SSSR count). The van der Waals surface area contributed by atoms with Crippen LogP contribution in [0.15, 0.2) is 95.6 Å². The summed E-state index contributed by atoms with van der Waals surface area (Å²) in [6.45, 7) is 0.515. The van der Waals surface area contributed by atoms with Crippen LogP contribution in [-0.2, 0) is 6.61 Å². The predicted molar refractivity (Wildman–Crippen MR) is 98.1 cm³/mol. The SMILES string of the molecule is c1ccc(COc2ccccc2-c2coc(-c3ccccc3)n2)cc1. The number of hydrogen-bond acceptors (Lipinski definition) is 3. The van der Waals surface area contributed by atoms with E-state index >= 15 is 0 Å². The van der Waals surface area contributed by atoms with E-state index in [9.17, 15) is 0 Å². The molecule has 0 aliphatic rings. The quantitative estimate of drug-likeness (QED) is 0.479. The summed E-state index contributed by atoms with van der Waals surface area (Å²) in [5, 5.41) is 0. The number of nitrogens with zero attached hydrogens (tertiary/aromatic N) is 1. The van der Waals surface area contributed by atoms with Crippen LogP contribution in [0.1, 0.15) is 5.56 Å². The summed E-state index contributed by atoms with van der Waals surface area (Å²) in [6, 6.07) is 27.9. The number of rotatable bonds is 5. The number of ether oxygens (including phenoxy) is 1. The molecule has 0 aliphatic heterocycles. The topological polar surface area (TPSA) is 35.3 Å². The van der Waals surface area contributed by atoms with Gasteiger partial charge in [-0.05, 0) is 29.8 Å². The highest BCUT2D eigenvalue weighted by molar-refractivity contribution is 5.68. The average molecular weight is 327 g/mol. The van der Waals surface area contributed by atoms with Gasteiger partial charge in [0.25, 0.3) is 0 Å². The third-order valence-corrected chi connectivity index (χ3v) is 3.93. The first-order valence-corrected chi connectivity index (χ1v) is 8.17. The number of para-hydroxylation sites is 1. The van der Waals surface area contributed by atoms with Gasteiger partial charge in [0, 0.05) is 11.1 Å². The van der Waals surface area contributed by atoms with Gasteiger partial charge >= 0.3 is 0 Å². The van der Waals surface area contributed by atoms with E-state index in [4.69, 9.17) is 9.15 Å². The Morgan fingerprint density at radius 3 is 2.24 bits per heavy atom. The molecule has 0 saturated carbocycles. The summed E-state index contributed by atoms with van der Waals surface area (Å²) < 4.78 is 11.7. The van der Waals surface area contributed by atoms with Gasteiger partial charge in [-0.1, -0.05) is 60.7 Å². The molecule has 0 spiro atoms. The molecular weight excluding hydrogens is 310 g/mol. The van der Waals surface area contributed by atoms with Gasteiger partial charge in [0.05, 0.1) is 0 Å². The molecule has 0 aliphatic carbocycles. The molecule has 0 amide bonds. The Balaban J connectivity index is 1.60. The van der Waals surface area contributed by atoms with Gasteiger partial charge in [-0.3, -0.25) is 0 Å². The third-order valence-electron chi connectivity index (χ3n) is 3.93. The van der Waals surface area contributed by atoms with Crippen molar-refractivity contribution in [3.8, 4) is 28.5 Å². The van der Waals surface area contributed by atoms with Crippen molar-refractivity contribution in [3.05, 3.63) is 96.8 Å². The second kappa shape index (κ2) is 7.05. The molecule has 1 aromatic heterocycles. The van der Waals surface area contributed by atoms with Gasteiger partial charge in [-0.2, -0.15) is 0 Å². The molecule has 25 heavy (non-hydrogen) atoms. The van der Waals surface area contributed by atoms with Crippen molar-refractivity contribution in [1.29, 1.82) is 0 Å². The van der Waals surface area contributed by atoms with E-state index in [1.54, 1.807) is 6.26 Å². The van der Waals surface area contributed by atoms with Crippen molar-refractivity contribution in [3.63, 3.8) is 0 Å². The van der Waals surface area contributed by atoms with E-state index in [0.717, 1.165) is 28.1 Å². The fourth-order valence-electron chi connectivity index (χ4n) is 2.65. The molecular formula is C22H17NO2. The lowest BCUT2D eigenvalue weighted by molar-refractivity contribution is 0.307. The second-order valence-corrected chi connectivity index (χ2v) is 5.67. The highest BCUT2D eigenvalue weighted by atomic mass is 16.5. The monoisotopic (exact) mass is 327 g/mol. The van der Waals surface area contributed by atoms with Crippen LogP contribution in [0.3, 0.4) is 0 Å². The van der Waals surface area contributed by atoms with Gasteiger partial charge < -0.3 is 9.15 Å². The van der Waals surface area contributed by atoms with Crippen molar-refractivity contribution in [2.24, 2.45) is 0 Å². The Morgan fingerprint density at radius 2 is 1.44 bits per heavy atom. The summed E-state index contributed by atoms with van der Waals surface area (Å²) >= 11 is 0. The van der Waals surface area contributed by atoms with Crippen LogP contribution >= 0.6 is 0 Å². The minimum Gasteiger partial charge on any atom is -0.488 e. The minimum absolute atomic E-state index is 0.515. The maximum atomic E-state index is 6.01. The van der Waals surface area contributed by atoms with Gasteiger partial charge in [0.2, 0.25) is 5.89 Å². The Kier molecular flexibility index (Phi) is 4.29. The maximum Gasteiger partial charge on any atom is 0.226 e. The minimum atomic E-state index is 0.515. The lowest BCUT2D eigenvalue weighted by atomic mass is 10.1. The van der Waals surface area contributed by atoms with Crippen molar-refractivity contribution < 1.29 is 9.15 Å². The van der Waals surface area contributed by atoms with Gasteiger partial charge in [0.15, 0.2) is 0 Å². The Hall–Kier alpha value is -3.33. The van der Waals surface area contributed by atoms with Crippen molar-refractivity contribution >= 4 is 0 Å². The van der Waals surface area contributed by atoms with Crippen LogP contribution in [0, 0.1) is 0 Å². The molecule has 3 nitrogen and oxygen atoms in total. The largest absolute Gasteiger partial charge is 0.488 e. The molecule has 3 aromatic carbocycles. The van der Waals surface area contributed by atoms with E-state index in [1.807, 2.05) is 84.9 Å². The highest BCUT2D eigenvalue weighted by Crippen LogP contribution is 2.31. The van der Waals surface area contributed by atoms with Gasteiger partial charge in [-0.25, -0.2) is 4.98 Å². The van der Waals surface area contributed by atoms with Gasteiger partial charge in [0.1, 0.15) is 24.3 Å². The van der Waals surface area contributed by atoms with E-state index < -0.39 is 0 Å². The van der Waals surface area contributed by atoms with Crippen molar-refractivity contribution in [2.45, 2.75) is 6.61 Å². The summed E-state index contributed by atoms with van der Waals surface area (Å²) in [5.41, 5.74) is 3.77. The lowest BCUT2D eigenvalue weighted by Gasteiger charge is -2.09. The molecule has 0 bridgehead atoms. The molecule has 0 N–H and O–H groups in total. The normalized spacial score (nSPS) is 10.6. The molecule has 0 fully saturated rings.